The third-order valence-electron chi connectivity index (χ3n) is 3.22. The van der Waals surface area contributed by atoms with Gasteiger partial charge in [0.2, 0.25) is 0 Å². The lowest BCUT2D eigenvalue weighted by Gasteiger charge is -2.28. The predicted molar refractivity (Wildman–Crippen MR) is 91.2 cm³/mol. The number of carbonyl (C=O) groups is 2. The van der Waals surface area contributed by atoms with Gasteiger partial charge in [-0.25, -0.2) is 9.59 Å². The van der Waals surface area contributed by atoms with Crippen LogP contribution < -0.4 is 9.50 Å². The first-order valence-electron chi connectivity index (χ1n) is 7.79. The topological polar surface area (TPSA) is 119 Å². The zero-order valence-electron chi connectivity index (χ0n) is 15.5. The van der Waals surface area contributed by atoms with E-state index in [0.717, 1.165) is 12.1 Å². The number of carbonyl (C=O) groups excluding carboxylic acids is 1. The third kappa shape index (κ3) is 6.59. The van der Waals surface area contributed by atoms with Crippen molar-refractivity contribution in [1.82, 2.24) is 5.32 Å². The minimum Gasteiger partial charge on any atom is -0.480 e. The number of hydrogen-bond donors (Lipinski definition) is 2. The molecule has 1 aromatic carbocycles. The van der Waals surface area contributed by atoms with E-state index in [4.69, 9.17) is 4.74 Å². The highest BCUT2D eigenvalue weighted by molar-refractivity contribution is 7.88. The van der Waals surface area contributed by atoms with Crippen LogP contribution in [0.5, 0.6) is 5.75 Å². The van der Waals surface area contributed by atoms with Gasteiger partial charge in [0.05, 0.1) is 0 Å². The third-order valence-corrected chi connectivity index (χ3v) is 4.20. The molecule has 0 aromatic heterocycles. The number of alkyl carbamates (subject to hydrolysis) is 1. The van der Waals surface area contributed by atoms with Gasteiger partial charge in [-0.2, -0.15) is 21.6 Å². The maximum Gasteiger partial charge on any atom is 0.534 e. The van der Waals surface area contributed by atoms with Crippen molar-refractivity contribution in [3.63, 3.8) is 0 Å². The van der Waals surface area contributed by atoms with E-state index < -0.39 is 44.6 Å². The van der Waals surface area contributed by atoms with E-state index in [1.54, 1.807) is 20.8 Å². The van der Waals surface area contributed by atoms with Gasteiger partial charge in [-0.1, -0.05) is 12.1 Å². The molecule has 0 aliphatic carbocycles. The van der Waals surface area contributed by atoms with Crippen LogP contribution in [-0.4, -0.2) is 42.2 Å². The Morgan fingerprint density at radius 1 is 1.07 bits per heavy atom. The summed E-state index contributed by atoms with van der Waals surface area (Å²) in [5.74, 6) is -1.98. The molecule has 1 amide bonds. The van der Waals surface area contributed by atoms with Gasteiger partial charge in [-0.3, -0.25) is 0 Å². The van der Waals surface area contributed by atoms with Gasteiger partial charge in [0, 0.05) is 6.42 Å². The number of amides is 1. The van der Waals surface area contributed by atoms with Crippen molar-refractivity contribution in [2.75, 3.05) is 0 Å². The van der Waals surface area contributed by atoms with Crippen LogP contribution >= 0.6 is 0 Å². The maximum absolute atomic E-state index is 12.3. The fourth-order valence-electron chi connectivity index (χ4n) is 1.95. The highest BCUT2D eigenvalue weighted by Gasteiger charge is 2.48. The first-order chi connectivity index (χ1) is 12.5. The maximum atomic E-state index is 12.3. The normalized spacial score (nSPS) is 14.7. The Hall–Kier alpha value is -2.50. The van der Waals surface area contributed by atoms with Crippen LogP contribution in [0.25, 0.3) is 0 Å². The van der Waals surface area contributed by atoms with Gasteiger partial charge in [-0.05, 0) is 45.4 Å². The van der Waals surface area contributed by atoms with Crippen molar-refractivity contribution in [2.45, 2.75) is 50.8 Å². The SMILES string of the molecule is CC(C)(C)OC(=O)N[C@](C)(Cc1ccc(OS(=O)(=O)C(F)(F)F)cc1)C(=O)O. The number of ether oxygens (including phenoxy) is 1. The summed E-state index contributed by atoms with van der Waals surface area (Å²) in [6.45, 7) is 6.01. The van der Waals surface area contributed by atoms with Gasteiger partial charge >= 0.3 is 27.7 Å². The van der Waals surface area contributed by atoms with Crippen LogP contribution in [0.3, 0.4) is 0 Å². The highest BCUT2D eigenvalue weighted by atomic mass is 32.2. The molecule has 0 aliphatic rings. The lowest BCUT2D eigenvalue weighted by atomic mass is 9.93. The van der Waals surface area contributed by atoms with Crippen LogP contribution in [0.2, 0.25) is 0 Å². The molecular weight excluding hydrogens is 407 g/mol. The van der Waals surface area contributed by atoms with Gasteiger partial charge < -0.3 is 19.3 Å². The molecule has 0 saturated heterocycles. The minimum atomic E-state index is -5.81. The molecule has 28 heavy (non-hydrogen) atoms. The predicted octanol–water partition coefficient (Wildman–Crippen LogP) is 2.83. The van der Waals surface area contributed by atoms with Gasteiger partial charge in [0.1, 0.15) is 16.9 Å². The lowest BCUT2D eigenvalue weighted by molar-refractivity contribution is -0.144. The largest absolute Gasteiger partial charge is 0.534 e. The van der Waals surface area contributed by atoms with Crippen LogP contribution in [0.15, 0.2) is 24.3 Å². The molecule has 158 valence electrons. The zero-order chi connectivity index (χ0) is 22.0. The Morgan fingerprint density at radius 3 is 1.96 bits per heavy atom. The van der Waals surface area contributed by atoms with Crippen LogP contribution in [-0.2, 0) is 26.1 Å². The number of carboxylic acids is 1. The number of nitrogens with one attached hydrogen (secondary N) is 1. The zero-order valence-corrected chi connectivity index (χ0v) is 16.3. The van der Waals surface area contributed by atoms with E-state index in [1.807, 2.05) is 0 Å². The Balaban J connectivity index is 2.95. The molecule has 1 atom stereocenters. The van der Waals surface area contributed by atoms with Crippen molar-refractivity contribution in [3.8, 4) is 5.75 Å². The Kier molecular flexibility index (Phi) is 6.60. The molecule has 0 aliphatic heterocycles. The number of rotatable bonds is 6. The first-order valence-corrected chi connectivity index (χ1v) is 9.20. The molecule has 0 radical (unpaired) electrons. The molecule has 12 heteroatoms. The molecule has 0 heterocycles. The quantitative estimate of drug-likeness (QED) is 0.529. The van der Waals surface area contributed by atoms with Crippen molar-refractivity contribution < 1.29 is 45.2 Å². The average Bonchev–Trinajstić information content (AvgIpc) is 2.45. The average molecular weight is 427 g/mol. The van der Waals surface area contributed by atoms with E-state index in [1.165, 1.54) is 19.1 Å². The smallest absolute Gasteiger partial charge is 0.480 e. The molecule has 8 nitrogen and oxygen atoms in total. The summed E-state index contributed by atoms with van der Waals surface area (Å²) >= 11 is 0. The monoisotopic (exact) mass is 427 g/mol. The van der Waals surface area contributed by atoms with Crippen LogP contribution in [0.4, 0.5) is 18.0 Å². The number of benzene rings is 1. The number of halogens is 3. The standard InChI is InChI=1S/C16H20F3NO7S/c1-14(2,3)26-13(23)20-15(4,12(21)22)9-10-5-7-11(8-6-10)27-28(24,25)16(17,18)19/h5-8H,9H2,1-4H3,(H,20,23)(H,21,22)/t15-/m1/s1. The van der Waals surface area contributed by atoms with Gasteiger partial charge in [-0.15, -0.1) is 0 Å². The van der Waals surface area contributed by atoms with Gasteiger partial charge in [0.25, 0.3) is 0 Å². The fraction of sp³-hybridized carbons (Fsp3) is 0.500. The second-order valence-corrected chi connectivity index (χ2v) is 8.61. The summed E-state index contributed by atoms with van der Waals surface area (Å²) in [4.78, 5) is 23.5. The fourth-order valence-corrected chi connectivity index (χ4v) is 2.41. The molecule has 1 rings (SSSR count). The van der Waals surface area contributed by atoms with Crippen molar-refractivity contribution >= 4 is 22.2 Å². The Bertz CT molecular complexity index is 829. The summed E-state index contributed by atoms with van der Waals surface area (Å²) in [6, 6.07) is 4.24. The Morgan fingerprint density at radius 2 is 1.57 bits per heavy atom. The second kappa shape index (κ2) is 7.86. The second-order valence-electron chi connectivity index (χ2n) is 7.07. The van der Waals surface area contributed by atoms with Crippen LogP contribution in [0, 0.1) is 0 Å². The van der Waals surface area contributed by atoms with Crippen molar-refractivity contribution in [1.29, 1.82) is 0 Å². The number of alkyl halides is 3. The molecule has 0 unspecified atom stereocenters. The molecule has 0 spiro atoms. The Labute approximate surface area is 159 Å². The van der Waals surface area contributed by atoms with E-state index in [0.29, 0.717) is 0 Å². The highest BCUT2D eigenvalue weighted by Crippen LogP contribution is 2.27. The van der Waals surface area contributed by atoms with E-state index in [9.17, 15) is 36.3 Å². The number of hydrogen-bond acceptors (Lipinski definition) is 6. The first kappa shape index (κ1) is 23.5. The summed E-state index contributed by atoms with van der Waals surface area (Å²) in [5, 5.41) is 11.7. The van der Waals surface area contributed by atoms with Crippen molar-refractivity contribution in [3.05, 3.63) is 29.8 Å². The number of carboxylic acid groups (broad SMARTS) is 1. The van der Waals surface area contributed by atoms with E-state index >= 15 is 0 Å². The van der Waals surface area contributed by atoms with Crippen molar-refractivity contribution in [2.24, 2.45) is 0 Å². The summed E-state index contributed by atoms with van der Waals surface area (Å²) in [7, 11) is -5.81. The molecule has 0 fully saturated rings. The number of aliphatic carboxylic acids is 1. The van der Waals surface area contributed by atoms with E-state index in [-0.39, 0.29) is 12.0 Å². The molecule has 2 N–H and O–H groups in total. The van der Waals surface area contributed by atoms with Gasteiger partial charge in [0.15, 0.2) is 0 Å². The summed E-state index contributed by atoms with van der Waals surface area (Å²) < 4.78 is 67.9. The molecule has 0 bridgehead atoms. The molecule has 0 saturated carbocycles. The van der Waals surface area contributed by atoms with E-state index in [2.05, 4.69) is 9.50 Å². The molecule has 1 aromatic rings. The summed E-state index contributed by atoms with van der Waals surface area (Å²) in [5.41, 5.74) is -7.93. The summed E-state index contributed by atoms with van der Waals surface area (Å²) in [6.07, 6.45) is -1.22. The molecular formula is C16H20F3NO7S. The minimum absolute atomic E-state index is 0.256. The van der Waals surface area contributed by atoms with Crippen LogP contribution in [0.1, 0.15) is 33.3 Å². The lowest BCUT2D eigenvalue weighted by Crippen LogP contribution is -2.54.